The van der Waals surface area contributed by atoms with Crippen LogP contribution in [0.25, 0.3) is 0 Å². The number of amides is 1. The molecule has 2 rings (SSSR count). The topological polar surface area (TPSA) is 55.1 Å². The second-order valence-corrected chi connectivity index (χ2v) is 4.24. The van der Waals surface area contributed by atoms with E-state index in [4.69, 9.17) is 5.73 Å². The van der Waals surface area contributed by atoms with Gasteiger partial charge in [-0.25, -0.2) is 0 Å². The van der Waals surface area contributed by atoms with Crippen molar-refractivity contribution < 1.29 is 4.79 Å². The minimum Gasteiger partial charge on any atom is -0.369 e. The van der Waals surface area contributed by atoms with Crippen molar-refractivity contribution in [3.8, 4) is 0 Å². The number of fused-ring (bicyclic) bond motifs is 1. The number of hydrogen-bond acceptors (Lipinski definition) is 2. The molecule has 0 aromatic rings. The fourth-order valence-corrected chi connectivity index (χ4v) is 2.74. The predicted octanol–water partition coefficient (Wildman–Crippen LogP) is -0.283. The van der Waals surface area contributed by atoms with E-state index in [9.17, 15) is 4.79 Å². The summed E-state index contributed by atoms with van der Waals surface area (Å²) in [6, 6.07) is 0. The summed E-state index contributed by atoms with van der Waals surface area (Å²) in [5.74, 6) is 0.352. The summed E-state index contributed by atoms with van der Waals surface area (Å²) >= 11 is 0. The molecule has 0 aromatic carbocycles. The van der Waals surface area contributed by atoms with Gasteiger partial charge in [0.1, 0.15) is 0 Å². The molecular formula is C8H14N2O. The maximum Gasteiger partial charge on any atom is 0.225 e. The van der Waals surface area contributed by atoms with Crippen LogP contribution >= 0.6 is 0 Å². The minimum absolute atomic E-state index is 0.127. The number of hydrogen-bond donors (Lipinski definition) is 2. The van der Waals surface area contributed by atoms with E-state index in [0.717, 1.165) is 13.1 Å². The zero-order valence-corrected chi connectivity index (χ0v) is 6.98. The lowest BCUT2D eigenvalue weighted by atomic mass is 9.95. The second-order valence-electron chi connectivity index (χ2n) is 4.24. The summed E-state index contributed by atoms with van der Waals surface area (Å²) in [7, 11) is 0. The van der Waals surface area contributed by atoms with Crippen LogP contribution < -0.4 is 11.1 Å². The Hall–Kier alpha value is -0.570. The molecule has 11 heavy (non-hydrogen) atoms. The van der Waals surface area contributed by atoms with Crippen LogP contribution in [-0.4, -0.2) is 19.0 Å². The lowest BCUT2D eigenvalue weighted by Crippen LogP contribution is -2.35. The standard InChI is InChI=1S/C8H14N2O/c1-7(2)5-3-10-4-8(5,7)6(9)11/h5,10H,3-4H2,1-2H3,(H2,9,11). The van der Waals surface area contributed by atoms with Gasteiger partial charge in [-0.05, 0) is 17.9 Å². The second kappa shape index (κ2) is 1.61. The molecular weight excluding hydrogens is 140 g/mol. The van der Waals surface area contributed by atoms with Gasteiger partial charge in [-0.2, -0.15) is 0 Å². The van der Waals surface area contributed by atoms with E-state index < -0.39 is 0 Å². The number of carbonyl (C=O) groups excluding carboxylic acids is 1. The van der Waals surface area contributed by atoms with Gasteiger partial charge in [0.15, 0.2) is 0 Å². The van der Waals surface area contributed by atoms with Crippen LogP contribution in [0.5, 0.6) is 0 Å². The first-order valence-corrected chi connectivity index (χ1v) is 4.04. The summed E-state index contributed by atoms with van der Waals surface area (Å²) in [4.78, 5) is 11.2. The molecule has 2 atom stereocenters. The maximum atomic E-state index is 11.2. The van der Waals surface area contributed by atoms with Crippen LogP contribution in [0.15, 0.2) is 0 Å². The average Bonchev–Trinajstić information content (AvgIpc) is 2.25. The highest BCUT2D eigenvalue weighted by Gasteiger charge is 2.76. The molecule has 2 fully saturated rings. The van der Waals surface area contributed by atoms with E-state index in [1.54, 1.807) is 0 Å². The van der Waals surface area contributed by atoms with Crippen molar-refractivity contribution in [2.75, 3.05) is 13.1 Å². The molecule has 2 aliphatic rings. The molecule has 2 unspecified atom stereocenters. The predicted molar refractivity (Wildman–Crippen MR) is 41.8 cm³/mol. The van der Waals surface area contributed by atoms with Gasteiger partial charge in [0, 0.05) is 6.54 Å². The highest BCUT2D eigenvalue weighted by Crippen LogP contribution is 2.70. The fourth-order valence-electron chi connectivity index (χ4n) is 2.74. The maximum absolute atomic E-state index is 11.2. The number of nitrogens with two attached hydrogens (primary N) is 1. The number of carbonyl (C=O) groups is 1. The Morgan fingerprint density at radius 3 is 2.55 bits per heavy atom. The molecule has 62 valence electrons. The third-order valence-electron chi connectivity index (χ3n) is 3.72. The molecule has 0 aromatic heterocycles. The molecule has 3 N–H and O–H groups in total. The average molecular weight is 154 g/mol. The summed E-state index contributed by atoms with van der Waals surface area (Å²) in [5, 5.41) is 3.20. The third kappa shape index (κ3) is 0.527. The minimum atomic E-state index is -0.215. The first-order chi connectivity index (χ1) is 5.03. The van der Waals surface area contributed by atoms with Gasteiger partial charge in [-0.3, -0.25) is 4.79 Å². The van der Waals surface area contributed by atoms with Crippen LogP contribution in [0.4, 0.5) is 0 Å². The van der Waals surface area contributed by atoms with Crippen LogP contribution in [0, 0.1) is 16.7 Å². The Balaban J connectivity index is 2.33. The SMILES string of the molecule is CC1(C)C2CNCC21C(N)=O. The third-order valence-corrected chi connectivity index (χ3v) is 3.72. The van der Waals surface area contributed by atoms with E-state index in [2.05, 4.69) is 19.2 Å². The van der Waals surface area contributed by atoms with Gasteiger partial charge in [0.05, 0.1) is 5.41 Å². The normalized spacial score (nSPS) is 45.1. The molecule has 3 nitrogen and oxygen atoms in total. The molecule has 1 saturated heterocycles. The van der Waals surface area contributed by atoms with E-state index in [0.29, 0.717) is 5.92 Å². The lowest BCUT2D eigenvalue weighted by Gasteiger charge is -2.14. The summed E-state index contributed by atoms with van der Waals surface area (Å²) in [6.45, 7) is 5.99. The van der Waals surface area contributed by atoms with Gasteiger partial charge < -0.3 is 11.1 Å². The van der Waals surface area contributed by atoms with Crippen molar-refractivity contribution in [2.45, 2.75) is 13.8 Å². The smallest absolute Gasteiger partial charge is 0.225 e. The van der Waals surface area contributed by atoms with Gasteiger partial charge in [0.25, 0.3) is 0 Å². The Morgan fingerprint density at radius 2 is 2.27 bits per heavy atom. The summed E-state index contributed by atoms with van der Waals surface area (Å²) in [6.07, 6.45) is 0. The molecule has 0 spiro atoms. The molecule has 1 heterocycles. The van der Waals surface area contributed by atoms with Crippen LogP contribution in [0.2, 0.25) is 0 Å². The van der Waals surface area contributed by atoms with Gasteiger partial charge in [-0.1, -0.05) is 13.8 Å². The zero-order chi connectivity index (χ0) is 8.28. The monoisotopic (exact) mass is 154 g/mol. The Labute approximate surface area is 66.3 Å². The quantitative estimate of drug-likeness (QED) is 0.545. The Kier molecular flexibility index (Phi) is 1.04. The molecule has 1 amide bonds. The number of rotatable bonds is 1. The van der Waals surface area contributed by atoms with Crippen molar-refractivity contribution >= 4 is 5.91 Å². The van der Waals surface area contributed by atoms with Crippen molar-refractivity contribution in [3.63, 3.8) is 0 Å². The van der Waals surface area contributed by atoms with E-state index in [1.165, 1.54) is 0 Å². The summed E-state index contributed by atoms with van der Waals surface area (Å²) < 4.78 is 0. The van der Waals surface area contributed by atoms with Crippen LogP contribution in [0.3, 0.4) is 0 Å². The number of piperidine rings is 1. The highest BCUT2D eigenvalue weighted by molar-refractivity contribution is 5.87. The van der Waals surface area contributed by atoms with Crippen molar-refractivity contribution in [1.82, 2.24) is 5.32 Å². The van der Waals surface area contributed by atoms with Gasteiger partial charge in [0.2, 0.25) is 5.91 Å². The largest absolute Gasteiger partial charge is 0.369 e. The fraction of sp³-hybridized carbons (Fsp3) is 0.875. The molecule has 3 heteroatoms. The van der Waals surface area contributed by atoms with Crippen LogP contribution in [-0.2, 0) is 4.79 Å². The molecule has 1 aliphatic carbocycles. The van der Waals surface area contributed by atoms with Crippen molar-refractivity contribution in [3.05, 3.63) is 0 Å². The molecule has 1 saturated carbocycles. The lowest BCUT2D eigenvalue weighted by molar-refractivity contribution is -0.123. The number of nitrogens with one attached hydrogen (secondary N) is 1. The van der Waals surface area contributed by atoms with E-state index in [1.807, 2.05) is 0 Å². The highest BCUT2D eigenvalue weighted by atomic mass is 16.1. The van der Waals surface area contributed by atoms with Crippen LogP contribution in [0.1, 0.15) is 13.8 Å². The zero-order valence-electron chi connectivity index (χ0n) is 6.98. The van der Waals surface area contributed by atoms with Gasteiger partial charge >= 0.3 is 0 Å². The van der Waals surface area contributed by atoms with E-state index in [-0.39, 0.29) is 16.7 Å². The molecule has 0 bridgehead atoms. The Bertz CT molecular complexity index is 224. The number of primary amides is 1. The molecule has 0 radical (unpaired) electrons. The summed E-state index contributed by atoms with van der Waals surface area (Å²) in [5.41, 5.74) is 5.30. The first kappa shape index (κ1) is 7.10. The van der Waals surface area contributed by atoms with Gasteiger partial charge in [-0.15, -0.1) is 0 Å². The van der Waals surface area contributed by atoms with E-state index >= 15 is 0 Å². The van der Waals surface area contributed by atoms with Crippen molar-refractivity contribution in [1.29, 1.82) is 0 Å². The Morgan fingerprint density at radius 1 is 1.64 bits per heavy atom. The van der Waals surface area contributed by atoms with Crippen molar-refractivity contribution in [2.24, 2.45) is 22.5 Å². The molecule has 1 aliphatic heterocycles. The first-order valence-electron chi connectivity index (χ1n) is 4.04.